The molecule has 0 spiro atoms. The third kappa shape index (κ3) is 3.11. The van der Waals surface area contributed by atoms with E-state index < -0.39 is 0 Å². The maximum atomic E-state index is 12.2. The zero-order valence-electron chi connectivity index (χ0n) is 13.0. The van der Waals surface area contributed by atoms with Crippen LogP contribution in [0.15, 0.2) is 18.2 Å². The van der Waals surface area contributed by atoms with Gasteiger partial charge in [-0.25, -0.2) is 0 Å². The minimum absolute atomic E-state index is 0.0894. The summed E-state index contributed by atoms with van der Waals surface area (Å²) in [5.74, 6) is 0.0894. The monoisotopic (exact) mass is 287 g/mol. The third-order valence-electron chi connectivity index (χ3n) is 4.57. The van der Waals surface area contributed by atoms with Crippen LogP contribution in [0.4, 0.5) is 5.69 Å². The Hall–Kier alpha value is -1.39. The Morgan fingerprint density at radius 3 is 2.81 bits per heavy atom. The molecule has 114 valence electrons. The molecule has 21 heavy (non-hydrogen) atoms. The van der Waals surface area contributed by atoms with E-state index in [0.717, 1.165) is 37.2 Å². The van der Waals surface area contributed by atoms with E-state index in [4.69, 9.17) is 0 Å². The highest BCUT2D eigenvalue weighted by molar-refractivity contribution is 6.02. The normalized spacial score (nSPS) is 23.1. The Kier molecular flexibility index (Phi) is 4.27. The highest BCUT2D eigenvalue weighted by Gasteiger charge is 2.32. The predicted octanol–water partition coefficient (Wildman–Crippen LogP) is 2.45. The topological polar surface area (TPSA) is 44.4 Å². The molecule has 0 aliphatic carbocycles. The van der Waals surface area contributed by atoms with Gasteiger partial charge in [-0.15, -0.1) is 0 Å². The van der Waals surface area contributed by atoms with Crippen LogP contribution in [0.1, 0.15) is 43.4 Å². The zero-order chi connectivity index (χ0) is 14.8. The predicted molar refractivity (Wildman–Crippen MR) is 85.4 cm³/mol. The Balaban J connectivity index is 1.64. The number of aryl methyl sites for hydroxylation is 1. The fourth-order valence-corrected chi connectivity index (χ4v) is 3.42. The van der Waals surface area contributed by atoms with Crippen molar-refractivity contribution in [3.05, 3.63) is 29.3 Å². The van der Waals surface area contributed by atoms with Crippen molar-refractivity contribution in [2.45, 2.75) is 45.2 Å². The highest BCUT2D eigenvalue weighted by Crippen LogP contribution is 2.32. The number of anilines is 1. The van der Waals surface area contributed by atoms with E-state index in [2.05, 4.69) is 35.4 Å². The van der Waals surface area contributed by atoms with Gasteiger partial charge in [-0.1, -0.05) is 24.6 Å². The second kappa shape index (κ2) is 6.16. The number of rotatable bonds is 4. The average molecular weight is 287 g/mol. The van der Waals surface area contributed by atoms with Crippen molar-refractivity contribution in [2.24, 2.45) is 0 Å². The summed E-state index contributed by atoms with van der Waals surface area (Å²) >= 11 is 0. The summed E-state index contributed by atoms with van der Waals surface area (Å²) in [6.45, 7) is 7.77. The van der Waals surface area contributed by atoms with Crippen LogP contribution in [0, 0.1) is 6.92 Å². The number of fused-ring (bicyclic) bond motifs is 1. The van der Waals surface area contributed by atoms with Crippen LogP contribution in [0.25, 0.3) is 0 Å². The lowest BCUT2D eigenvalue weighted by molar-refractivity contribution is -0.118. The molecule has 1 atom stereocenters. The number of nitrogens with one attached hydrogen (secondary N) is 2. The molecular weight excluding hydrogens is 262 g/mol. The molecule has 4 nitrogen and oxygen atoms in total. The summed E-state index contributed by atoms with van der Waals surface area (Å²) in [5.41, 5.74) is 3.28. The summed E-state index contributed by atoms with van der Waals surface area (Å²) < 4.78 is 0. The number of hydrogen-bond acceptors (Lipinski definition) is 3. The molecule has 2 aliphatic heterocycles. The van der Waals surface area contributed by atoms with Crippen LogP contribution in [-0.4, -0.2) is 36.5 Å². The van der Waals surface area contributed by atoms with Crippen LogP contribution >= 0.6 is 0 Å². The summed E-state index contributed by atoms with van der Waals surface area (Å²) in [4.78, 5) is 14.7. The van der Waals surface area contributed by atoms with E-state index in [1.807, 2.05) is 12.1 Å². The summed E-state index contributed by atoms with van der Waals surface area (Å²) in [5, 5.41) is 6.56. The number of piperidine rings is 1. The fraction of sp³-hybridized carbons (Fsp3) is 0.588. The standard InChI is InChI=1S/C17H25N3O/c1-3-8-20-9-6-13(7-10-20)18-16-14-11-12(2)4-5-15(14)19-17(16)21/h4-5,11,13,16,18H,3,6-10H2,1-2H3,(H,19,21). The van der Waals surface area contributed by atoms with Crippen molar-refractivity contribution in [3.8, 4) is 0 Å². The van der Waals surface area contributed by atoms with Crippen molar-refractivity contribution >= 4 is 11.6 Å². The molecule has 2 heterocycles. The number of likely N-dealkylation sites (tertiary alicyclic amines) is 1. The van der Waals surface area contributed by atoms with Crippen molar-refractivity contribution in [1.82, 2.24) is 10.2 Å². The molecular formula is C17H25N3O. The molecule has 4 heteroatoms. The van der Waals surface area contributed by atoms with E-state index in [1.165, 1.54) is 18.5 Å². The summed E-state index contributed by atoms with van der Waals surface area (Å²) in [7, 11) is 0. The van der Waals surface area contributed by atoms with Crippen LogP contribution in [0.2, 0.25) is 0 Å². The Morgan fingerprint density at radius 2 is 2.10 bits per heavy atom. The first-order valence-electron chi connectivity index (χ1n) is 8.07. The third-order valence-corrected chi connectivity index (χ3v) is 4.57. The molecule has 0 saturated carbocycles. The van der Waals surface area contributed by atoms with Gasteiger partial charge in [-0.2, -0.15) is 0 Å². The highest BCUT2D eigenvalue weighted by atomic mass is 16.2. The molecule has 1 amide bonds. The molecule has 0 bridgehead atoms. The number of carbonyl (C=O) groups is 1. The van der Waals surface area contributed by atoms with Gasteiger partial charge in [0.15, 0.2) is 0 Å². The average Bonchev–Trinajstić information content (AvgIpc) is 2.77. The second-order valence-corrected chi connectivity index (χ2v) is 6.30. The molecule has 1 aromatic carbocycles. The van der Waals surface area contributed by atoms with Crippen LogP contribution in [0.3, 0.4) is 0 Å². The van der Waals surface area contributed by atoms with E-state index in [1.54, 1.807) is 0 Å². The minimum Gasteiger partial charge on any atom is -0.324 e. The molecule has 1 aromatic rings. The van der Waals surface area contributed by atoms with E-state index >= 15 is 0 Å². The second-order valence-electron chi connectivity index (χ2n) is 6.30. The van der Waals surface area contributed by atoms with E-state index in [9.17, 15) is 4.79 Å². The molecule has 2 N–H and O–H groups in total. The number of hydrogen-bond donors (Lipinski definition) is 2. The summed E-state index contributed by atoms with van der Waals surface area (Å²) in [6, 6.07) is 6.44. The maximum Gasteiger partial charge on any atom is 0.246 e. The van der Waals surface area contributed by atoms with Gasteiger partial charge < -0.3 is 10.2 Å². The van der Waals surface area contributed by atoms with Gasteiger partial charge in [0, 0.05) is 17.3 Å². The maximum absolute atomic E-state index is 12.2. The van der Waals surface area contributed by atoms with E-state index in [-0.39, 0.29) is 11.9 Å². The summed E-state index contributed by atoms with van der Waals surface area (Å²) in [6.07, 6.45) is 3.48. The Morgan fingerprint density at radius 1 is 1.33 bits per heavy atom. The van der Waals surface area contributed by atoms with Crippen molar-refractivity contribution in [2.75, 3.05) is 25.0 Å². The van der Waals surface area contributed by atoms with Crippen molar-refractivity contribution in [3.63, 3.8) is 0 Å². The smallest absolute Gasteiger partial charge is 0.246 e. The van der Waals surface area contributed by atoms with Crippen molar-refractivity contribution < 1.29 is 4.79 Å². The lowest BCUT2D eigenvalue weighted by atomic mass is 10.0. The van der Waals surface area contributed by atoms with Crippen LogP contribution in [-0.2, 0) is 4.79 Å². The molecule has 1 fully saturated rings. The van der Waals surface area contributed by atoms with Crippen molar-refractivity contribution in [1.29, 1.82) is 0 Å². The van der Waals surface area contributed by atoms with E-state index in [0.29, 0.717) is 6.04 Å². The van der Waals surface area contributed by atoms with Gasteiger partial charge in [0.05, 0.1) is 0 Å². The van der Waals surface area contributed by atoms with Gasteiger partial charge in [-0.05, 0) is 51.9 Å². The molecule has 2 aliphatic rings. The van der Waals surface area contributed by atoms with Crippen LogP contribution < -0.4 is 10.6 Å². The zero-order valence-corrected chi connectivity index (χ0v) is 13.0. The first kappa shape index (κ1) is 14.5. The molecule has 3 rings (SSSR count). The number of nitrogens with zero attached hydrogens (tertiary/aromatic N) is 1. The Bertz CT molecular complexity index is 521. The van der Waals surface area contributed by atoms with Gasteiger partial charge in [0.1, 0.15) is 6.04 Å². The fourth-order valence-electron chi connectivity index (χ4n) is 3.42. The lowest BCUT2D eigenvalue weighted by Crippen LogP contribution is -2.45. The number of benzene rings is 1. The largest absolute Gasteiger partial charge is 0.324 e. The van der Waals surface area contributed by atoms with Crippen LogP contribution in [0.5, 0.6) is 0 Å². The molecule has 0 aromatic heterocycles. The number of carbonyl (C=O) groups excluding carboxylic acids is 1. The SMILES string of the molecule is CCCN1CCC(NC2C(=O)Nc3ccc(C)cc32)CC1. The van der Waals surface area contributed by atoms with Gasteiger partial charge in [0.2, 0.25) is 5.91 Å². The first-order chi connectivity index (χ1) is 10.2. The first-order valence-corrected chi connectivity index (χ1v) is 8.07. The lowest BCUT2D eigenvalue weighted by Gasteiger charge is -2.33. The molecule has 1 unspecified atom stereocenters. The quantitative estimate of drug-likeness (QED) is 0.894. The van der Waals surface area contributed by atoms with Gasteiger partial charge in [-0.3, -0.25) is 10.1 Å². The number of amides is 1. The molecule has 0 radical (unpaired) electrons. The molecule has 1 saturated heterocycles. The van der Waals surface area contributed by atoms with Gasteiger partial charge in [0.25, 0.3) is 0 Å². The van der Waals surface area contributed by atoms with Gasteiger partial charge >= 0.3 is 0 Å². The minimum atomic E-state index is -0.178. The Labute approximate surface area is 126 Å².